The molecule has 0 aliphatic carbocycles. The Kier molecular flexibility index (Phi) is 6.37. The van der Waals surface area contributed by atoms with E-state index in [1.807, 2.05) is 42.5 Å². The van der Waals surface area contributed by atoms with Crippen LogP contribution < -0.4 is 10.1 Å². The van der Waals surface area contributed by atoms with Crippen LogP contribution in [0.25, 0.3) is 22.4 Å². The van der Waals surface area contributed by atoms with Crippen LogP contribution in [-0.2, 0) is 16.1 Å². The topological polar surface area (TPSA) is 93.3 Å². The van der Waals surface area contributed by atoms with Crippen LogP contribution >= 0.6 is 11.6 Å². The van der Waals surface area contributed by atoms with Gasteiger partial charge in [0.15, 0.2) is 6.61 Å². The Bertz CT molecular complexity index is 1270. The van der Waals surface area contributed by atoms with Crippen LogP contribution in [0.4, 0.5) is 0 Å². The monoisotopic (exact) mass is 449 g/mol. The smallest absolute Gasteiger partial charge is 0.338 e. The number of aromatic amines is 1. The van der Waals surface area contributed by atoms with Gasteiger partial charge in [0.1, 0.15) is 11.6 Å². The number of methoxy groups -OCH3 is 1. The first-order chi connectivity index (χ1) is 15.5. The van der Waals surface area contributed by atoms with Gasteiger partial charge in [-0.25, -0.2) is 9.78 Å². The molecule has 0 atom stereocenters. The van der Waals surface area contributed by atoms with E-state index in [1.54, 1.807) is 31.4 Å². The molecule has 0 fully saturated rings. The molecule has 8 heteroatoms. The van der Waals surface area contributed by atoms with Crippen molar-refractivity contribution in [2.24, 2.45) is 0 Å². The fraction of sp³-hybridized carbons (Fsp3) is 0.125. The van der Waals surface area contributed by atoms with Gasteiger partial charge in [-0.2, -0.15) is 0 Å². The molecular weight excluding hydrogens is 430 g/mol. The zero-order chi connectivity index (χ0) is 22.5. The third kappa shape index (κ3) is 4.90. The minimum atomic E-state index is -0.597. The predicted molar refractivity (Wildman–Crippen MR) is 122 cm³/mol. The summed E-state index contributed by atoms with van der Waals surface area (Å²) in [4.78, 5) is 32.2. The van der Waals surface area contributed by atoms with Gasteiger partial charge < -0.3 is 19.8 Å². The number of hydrogen-bond donors (Lipinski definition) is 2. The first kappa shape index (κ1) is 21.4. The number of esters is 1. The van der Waals surface area contributed by atoms with Gasteiger partial charge in [-0.15, -0.1) is 0 Å². The number of benzene rings is 3. The van der Waals surface area contributed by atoms with Crippen molar-refractivity contribution in [3.8, 4) is 17.1 Å². The van der Waals surface area contributed by atoms with Gasteiger partial charge >= 0.3 is 5.97 Å². The molecule has 0 bridgehead atoms. The lowest BCUT2D eigenvalue weighted by molar-refractivity contribution is -0.124. The van der Waals surface area contributed by atoms with Crippen molar-refractivity contribution in [3.63, 3.8) is 0 Å². The number of aromatic nitrogens is 2. The maximum Gasteiger partial charge on any atom is 0.338 e. The van der Waals surface area contributed by atoms with Crippen molar-refractivity contribution in [1.29, 1.82) is 0 Å². The Morgan fingerprint density at radius 1 is 1.06 bits per heavy atom. The van der Waals surface area contributed by atoms with E-state index in [0.717, 1.165) is 16.9 Å². The summed E-state index contributed by atoms with van der Waals surface area (Å²) in [6, 6.07) is 19.7. The van der Waals surface area contributed by atoms with Crippen LogP contribution in [0.5, 0.6) is 5.75 Å². The molecule has 0 aliphatic rings. The number of carbonyl (C=O) groups is 2. The summed E-state index contributed by atoms with van der Waals surface area (Å²) in [6.45, 7) is -0.133. The van der Waals surface area contributed by atoms with E-state index in [9.17, 15) is 9.59 Å². The van der Waals surface area contributed by atoms with Crippen LogP contribution in [0.3, 0.4) is 0 Å². The first-order valence-corrected chi connectivity index (χ1v) is 10.2. The highest BCUT2D eigenvalue weighted by molar-refractivity contribution is 6.31. The number of nitrogens with zero attached hydrogens (tertiary/aromatic N) is 1. The number of halogens is 1. The van der Waals surface area contributed by atoms with Gasteiger partial charge in [-0.1, -0.05) is 29.8 Å². The summed E-state index contributed by atoms with van der Waals surface area (Å²) in [7, 11) is 1.61. The number of carbonyl (C=O) groups excluding carboxylic acids is 2. The minimum absolute atomic E-state index is 0.254. The lowest BCUT2D eigenvalue weighted by atomic mass is 10.2. The summed E-state index contributed by atoms with van der Waals surface area (Å²) in [6.07, 6.45) is 0. The van der Waals surface area contributed by atoms with Crippen LogP contribution in [0.15, 0.2) is 66.7 Å². The molecule has 0 unspecified atom stereocenters. The van der Waals surface area contributed by atoms with E-state index in [0.29, 0.717) is 27.4 Å². The maximum atomic E-state index is 12.4. The molecular formula is C24H20ClN3O4. The fourth-order valence-corrected chi connectivity index (χ4v) is 3.33. The van der Waals surface area contributed by atoms with Crippen molar-refractivity contribution < 1.29 is 19.1 Å². The fourth-order valence-electron chi connectivity index (χ4n) is 3.12. The molecule has 4 aromatic rings. The summed E-state index contributed by atoms with van der Waals surface area (Å²) in [5, 5.41) is 3.24. The Morgan fingerprint density at radius 3 is 2.59 bits per heavy atom. The lowest BCUT2D eigenvalue weighted by Gasteiger charge is -2.08. The zero-order valence-electron chi connectivity index (χ0n) is 17.2. The van der Waals surface area contributed by atoms with Crippen molar-refractivity contribution in [2.75, 3.05) is 13.7 Å². The summed E-state index contributed by atoms with van der Waals surface area (Å²) < 4.78 is 10.3. The number of ether oxygens (including phenoxy) is 2. The van der Waals surface area contributed by atoms with Crippen molar-refractivity contribution in [3.05, 3.63) is 82.9 Å². The molecule has 1 aromatic heterocycles. The highest BCUT2D eigenvalue weighted by Gasteiger charge is 2.13. The van der Waals surface area contributed by atoms with E-state index in [4.69, 9.17) is 21.1 Å². The zero-order valence-corrected chi connectivity index (χ0v) is 18.0. The third-order valence-electron chi connectivity index (χ3n) is 4.85. The highest BCUT2D eigenvalue weighted by atomic mass is 35.5. The van der Waals surface area contributed by atoms with Gasteiger partial charge in [0.05, 0.1) is 23.7 Å². The number of nitrogens with one attached hydrogen (secondary N) is 2. The molecule has 0 aliphatic heterocycles. The maximum absolute atomic E-state index is 12.4. The van der Waals surface area contributed by atoms with E-state index in [1.165, 1.54) is 0 Å². The second-order valence-corrected chi connectivity index (χ2v) is 7.40. The van der Waals surface area contributed by atoms with Crippen molar-refractivity contribution in [1.82, 2.24) is 15.3 Å². The van der Waals surface area contributed by atoms with Gasteiger partial charge in [-0.3, -0.25) is 4.79 Å². The van der Waals surface area contributed by atoms with E-state index < -0.39 is 11.9 Å². The summed E-state index contributed by atoms with van der Waals surface area (Å²) in [5.74, 6) is 0.418. The van der Waals surface area contributed by atoms with Gasteiger partial charge in [0.25, 0.3) is 5.91 Å². The normalized spacial score (nSPS) is 10.7. The highest BCUT2D eigenvalue weighted by Crippen LogP contribution is 2.23. The number of H-pyrrole nitrogens is 1. The molecule has 4 rings (SSSR count). The second-order valence-electron chi connectivity index (χ2n) is 6.99. The minimum Gasteiger partial charge on any atom is -0.497 e. The number of imidazole rings is 1. The predicted octanol–water partition coefficient (Wildman–Crippen LogP) is 4.37. The molecule has 0 saturated carbocycles. The van der Waals surface area contributed by atoms with Crippen LogP contribution in [0, 0.1) is 0 Å². The van der Waals surface area contributed by atoms with E-state index >= 15 is 0 Å². The number of hydrogen-bond acceptors (Lipinski definition) is 5. The average Bonchev–Trinajstić information content (AvgIpc) is 3.25. The summed E-state index contributed by atoms with van der Waals surface area (Å²) >= 11 is 6.07. The molecule has 2 N–H and O–H groups in total. The quantitative estimate of drug-likeness (QED) is 0.409. The summed E-state index contributed by atoms with van der Waals surface area (Å²) in [5.41, 5.74) is 3.40. The van der Waals surface area contributed by atoms with Gasteiger partial charge in [0, 0.05) is 17.1 Å². The van der Waals surface area contributed by atoms with Crippen molar-refractivity contribution >= 4 is 34.5 Å². The molecule has 0 spiro atoms. The molecule has 7 nitrogen and oxygen atoms in total. The standard InChI is InChI=1S/C24H20ClN3O4/c1-31-18-9-6-15(7-10-18)23-27-20-11-8-16(12-21(20)28-23)24(30)32-14-22(29)26-13-17-4-2-3-5-19(17)25/h2-12H,13-14H2,1H3,(H,26,29)(H,27,28). The van der Waals surface area contributed by atoms with Gasteiger partial charge in [-0.05, 0) is 54.1 Å². The molecule has 0 saturated heterocycles. The molecule has 1 heterocycles. The third-order valence-corrected chi connectivity index (χ3v) is 5.22. The SMILES string of the molecule is COc1ccc(-c2nc3ccc(C(=O)OCC(=O)NCc4ccccc4Cl)cc3[nH]2)cc1. The molecule has 0 radical (unpaired) electrons. The average molecular weight is 450 g/mol. The van der Waals surface area contributed by atoms with Crippen LogP contribution in [0.2, 0.25) is 5.02 Å². The Morgan fingerprint density at radius 2 is 1.84 bits per heavy atom. The Hall–Kier alpha value is -3.84. The first-order valence-electron chi connectivity index (χ1n) is 9.85. The van der Waals surface area contributed by atoms with E-state index in [2.05, 4.69) is 15.3 Å². The molecule has 162 valence electrons. The molecule has 3 aromatic carbocycles. The largest absolute Gasteiger partial charge is 0.497 e. The molecule has 1 amide bonds. The Balaban J connectivity index is 1.37. The van der Waals surface area contributed by atoms with Crippen LogP contribution in [0.1, 0.15) is 15.9 Å². The second kappa shape index (κ2) is 9.53. The van der Waals surface area contributed by atoms with Gasteiger partial charge in [0.2, 0.25) is 0 Å². The number of rotatable bonds is 7. The molecule has 32 heavy (non-hydrogen) atoms. The number of fused-ring (bicyclic) bond motifs is 1. The van der Waals surface area contributed by atoms with Crippen molar-refractivity contribution in [2.45, 2.75) is 6.54 Å². The Labute approximate surface area is 189 Å². The number of amides is 1. The van der Waals surface area contributed by atoms with E-state index in [-0.39, 0.29) is 13.2 Å². The van der Waals surface area contributed by atoms with Crippen LogP contribution in [-0.4, -0.2) is 35.6 Å². The lowest BCUT2D eigenvalue weighted by Crippen LogP contribution is -2.28.